The minimum absolute atomic E-state index is 0.160. The lowest BCUT2D eigenvalue weighted by Crippen LogP contribution is -2.51. The summed E-state index contributed by atoms with van der Waals surface area (Å²) in [4.78, 5) is 0. The van der Waals surface area contributed by atoms with E-state index in [0.29, 0.717) is 6.04 Å². The summed E-state index contributed by atoms with van der Waals surface area (Å²) in [5, 5.41) is 9.92. The van der Waals surface area contributed by atoms with Crippen LogP contribution in [0.4, 0.5) is 0 Å². The Bertz CT molecular complexity index is 238. The number of hydrogen-bond acceptors (Lipinski definition) is 6. The molecule has 1 aliphatic rings. The molecule has 1 atom stereocenters. The third kappa shape index (κ3) is 2.76. The van der Waals surface area contributed by atoms with Gasteiger partial charge >= 0.3 is 0 Å². The predicted molar refractivity (Wildman–Crippen MR) is 60.0 cm³/mol. The highest BCUT2D eigenvalue weighted by molar-refractivity contribution is 7.99. The standard InChI is InChI=1S/C8H17N5S/c1-5-9-13(6(2)3)8-7(4)10-11-12-14-8/h6,8-9H,5H2,1-4H3. The van der Waals surface area contributed by atoms with Crippen LogP contribution in [0.1, 0.15) is 27.7 Å². The molecule has 1 rings (SSSR count). The van der Waals surface area contributed by atoms with Crippen LogP contribution in [0.15, 0.2) is 14.8 Å². The van der Waals surface area contributed by atoms with Gasteiger partial charge in [0.1, 0.15) is 5.37 Å². The zero-order valence-electron chi connectivity index (χ0n) is 9.06. The first-order chi connectivity index (χ1) is 6.66. The fraction of sp³-hybridized carbons (Fsp3) is 0.875. The van der Waals surface area contributed by atoms with Gasteiger partial charge in [0.05, 0.1) is 5.71 Å². The Morgan fingerprint density at radius 2 is 2.29 bits per heavy atom. The van der Waals surface area contributed by atoms with Crippen molar-refractivity contribution in [3.8, 4) is 0 Å². The number of hydrogen-bond donors (Lipinski definition) is 1. The minimum atomic E-state index is 0.160. The molecule has 0 radical (unpaired) electrons. The van der Waals surface area contributed by atoms with Crippen LogP contribution in [-0.2, 0) is 0 Å². The predicted octanol–water partition coefficient (Wildman–Crippen LogP) is 2.04. The monoisotopic (exact) mass is 215 g/mol. The average molecular weight is 215 g/mol. The Morgan fingerprint density at radius 3 is 2.79 bits per heavy atom. The summed E-state index contributed by atoms with van der Waals surface area (Å²) in [6.07, 6.45) is 0. The summed E-state index contributed by atoms with van der Waals surface area (Å²) in [6.45, 7) is 9.24. The maximum atomic E-state index is 3.97. The molecule has 0 saturated heterocycles. The number of rotatable bonds is 4. The molecular formula is C8H17N5S. The lowest BCUT2D eigenvalue weighted by molar-refractivity contribution is 0.158. The molecule has 0 amide bonds. The van der Waals surface area contributed by atoms with Crippen LogP contribution in [0.25, 0.3) is 0 Å². The molecule has 14 heavy (non-hydrogen) atoms. The van der Waals surface area contributed by atoms with Gasteiger partial charge in [-0.2, -0.15) is 0 Å². The highest BCUT2D eigenvalue weighted by atomic mass is 32.2. The highest BCUT2D eigenvalue weighted by Gasteiger charge is 2.26. The molecule has 0 bridgehead atoms. The van der Waals surface area contributed by atoms with E-state index >= 15 is 0 Å². The molecule has 5 nitrogen and oxygen atoms in total. The molecule has 0 aromatic heterocycles. The summed E-state index contributed by atoms with van der Waals surface area (Å²) in [5.74, 6) is 0. The van der Waals surface area contributed by atoms with E-state index in [0.717, 1.165) is 12.3 Å². The summed E-state index contributed by atoms with van der Waals surface area (Å²) in [6, 6.07) is 0.408. The van der Waals surface area contributed by atoms with E-state index in [1.165, 1.54) is 11.9 Å². The van der Waals surface area contributed by atoms with E-state index in [1.54, 1.807) is 0 Å². The average Bonchev–Trinajstić information content (AvgIpc) is 2.15. The SMILES string of the molecule is CCNN(C(C)C)C1SN=NN=C1C. The van der Waals surface area contributed by atoms with Gasteiger partial charge < -0.3 is 0 Å². The maximum Gasteiger partial charge on any atom is 0.133 e. The molecule has 0 aromatic rings. The largest absolute Gasteiger partial charge is 0.254 e. The van der Waals surface area contributed by atoms with Gasteiger partial charge in [-0.25, -0.2) is 5.01 Å². The normalized spacial score (nSPS) is 21.9. The van der Waals surface area contributed by atoms with E-state index in [1.807, 2.05) is 6.92 Å². The van der Waals surface area contributed by atoms with E-state index in [9.17, 15) is 0 Å². The molecule has 0 aliphatic carbocycles. The first-order valence-electron chi connectivity index (χ1n) is 4.79. The minimum Gasteiger partial charge on any atom is -0.254 e. The lowest BCUT2D eigenvalue weighted by atomic mass is 10.3. The highest BCUT2D eigenvalue weighted by Crippen LogP contribution is 2.23. The van der Waals surface area contributed by atoms with Crippen molar-refractivity contribution in [2.75, 3.05) is 6.54 Å². The zero-order chi connectivity index (χ0) is 10.6. The maximum absolute atomic E-state index is 3.97. The van der Waals surface area contributed by atoms with Crippen molar-refractivity contribution in [2.45, 2.75) is 39.1 Å². The van der Waals surface area contributed by atoms with Crippen LogP contribution in [-0.4, -0.2) is 28.7 Å². The van der Waals surface area contributed by atoms with Crippen molar-refractivity contribution in [3.05, 3.63) is 0 Å². The van der Waals surface area contributed by atoms with Crippen molar-refractivity contribution < 1.29 is 0 Å². The molecule has 0 fully saturated rings. The topological polar surface area (TPSA) is 52.3 Å². The van der Waals surface area contributed by atoms with Crippen LogP contribution in [0.2, 0.25) is 0 Å². The van der Waals surface area contributed by atoms with E-state index in [4.69, 9.17) is 0 Å². The summed E-state index contributed by atoms with van der Waals surface area (Å²) in [7, 11) is 0. The van der Waals surface area contributed by atoms with Crippen molar-refractivity contribution in [1.82, 2.24) is 10.4 Å². The third-order valence-corrected chi connectivity index (χ3v) is 2.83. The lowest BCUT2D eigenvalue weighted by Gasteiger charge is -2.33. The van der Waals surface area contributed by atoms with Gasteiger partial charge in [-0.1, -0.05) is 11.4 Å². The van der Waals surface area contributed by atoms with Gasteiger partial charge in [-0.05, 0) is 26.0 Å². The van der Waals surface area contributed by atoms with Gasteiger partial charge in [0.2, 0.25) is 0 Å². The molecule has 1 N–H and O–H groups in total. The summed E-state index contributed by atoms with van der Waals surface area (Å²) < 4.78 is 3.87. The summed E-state index contributed by atoms with van der Waals surface area (Å²) in [5.41, 5.74) is 4.30. The first-order valence-corrected chi connectivity index (χ1v) is 5.62. The number of nitrogens with zero attached hydrogens (tertiary/aromatic N) is 4. The Labute approximate surface area is 89.1 Å². The molecule has 0 saturated carbocycles. The second kappa shape index (κ2) is 5.43. The van der Waals surface area contributed by atoms with Crippen LogP contribution in [0.3, 0.4) is 0 Å². The summed E-state index contributed by atoms with van der Waals surface area (Å²) >= 11 is 1.44. The fourth-order valence-corrected chi connectivity index (χ4v) is 2.04. The van der Waals surface area contributed by atoms with Crippen molar-refractivity contribution in [1.29, 1.82) is 0 Å². The molecule has 6 heteroatoms. The smallest absolute Gasteiger partial charge is 0.133 e. The van der Waals surface area contributed by atoms with Crippen LogP contribution in [0, 0.1) is 0 Å². The number of nitrogens with one attached hydrogen (secondary N) is 1. The van der Waals surface area contributed by atoms with Crippen molar-refractivity contribution in [2.24, 2.45) is 14.8 Å². The Hall–Kier alpha value is -0.460. The van der Waals surface area contributed by atoms with Gasteiger partial charge in [-0.3, -0.25) is 5.43 Å². The zero-order valence-corrected chi connectivity index (χ0v) is 9.88. The Morgan fingerprint density at radius 1 is 1.57 bits per heavy atom. The molecule has 1 unspecified atom stereocenters. The van der Waals surface area contributed by atoms with Crippen LogP contribution in [0.5, 0.6) is 0 Å². The quantitative estimate of drug-likeness (QED) is 0.576. The number of hydrazine groups is 1. The molecule has 80 valence electrons. The van der Waals surface area contributed by atoms with E-state index in [2.05, 4.69) is 46.1 Å². The van der Waals surface area contributed by atoms with Gasteiger partial charge in [0.15, 0.2) is 0 Å². The Balaban J connectivity index is 2.68. The van der Waals surface area contributed by atoms with E-state index in [-0.39, 0.29) is 5.37 Å². The van der Waals surface area contributed by atoms with E-state index < -0.39 is 0 Å². The molecule has 1 aliphatic heterocycles. The molecular weight excluding hydrogens is 198 g/mol. The molecule has 0 aromatic carbocycles. The van der Waals surface area contributed by atoms with Gasteiger partial charge in [0.25, 0.3) is 0 Å². The van der Waals surface area contributed by atoms with Crippen LogP contribution >= 0.6 is 11.9 Å². The van der Waals surface area contributed by atoms with Gasteiger partial charge in [0, 0.05) is 24.5 Å². The first kappa shape index (κ1) is 11.6. The third-order valence-electron chi connectivity index (χ3n) is 1.89. The Kier molecular flexibility index (Phi) is 4.50. The molecule has 1 heterocycles. The fourth-order valence-electron chi connectivity index (χ4n) is 1.25. The van der Waals surface area contributed by atoms with Crippen LogP contribution < -0.4 is 5.43 Å². The molecule has 0 spiro atoms. The second-order valence-corrected chi connectivity index (χ2v) is 4.20. The van der Waals surface area contributed by atoms with Gasteiger partial charge in [-0.15, -0.1) is 5.10 Å². The second-order valence-electron chi connectivity index (χ2n) is 3.38. The van der Waals surface area contributed by atoms with Crippen molar-refractivity contribution >= 4 is 17.7 Å². The van der Waals surface area contributed by atoms with Crippen molar-refractivity contribution in [3.63, 3.8) is 0 Å².